The number of nitrogens with two attached hydrogens (primary N) is 1. The highest BCUT2D eigenvalue weighted by molar-refractivity contribution is 5.64. The lowest BCUT2D eigenvalue weighted by molar-refractivity contribution is 0.417. The second-order valence-electron chi connectivity index (χ2n) is 3.25. The molecule has 0 amide bonds. The molecule has 1 heterocycles. The van der Waals surface area contributed by atoms with Gasteiger partial charge in [0.2, 0.25) is 5.89 Å². The summed E-state index contributed by atoms with van der Waals surface area (Å²) in [6.07, 6.45) is 1.61. The van der Waals surface area contributed by atoms with Crippen molar-refractivity contribution in [1.82, 2.24) is 4.98 Å². The van der Waals surface area contributed by atoms with Gasteiger partial charge in [0.05, 0.1) is 18.5 Å². The van der Waals surface area contributed by atoms with E-state index in [1.807, 2.05) is 13.0 Å². The number of aromatic nitrogens is 1. The quantitative estimate of drug-likeness (QED) is 0.762. The Kier molecular flexibility index (Phi) is 2.33. The number of rotatable bonds is 2. The van der Waals surface area contributed by atoms with Crippen molar-refractivity contribution in [1.29, 1.82) is 0 Å². The van der Waals surface area contributed by atoms with E-state index in [1.165, 1.54) is 0 Å². The number of benzene rings is 1. The molecule has 1 aromatic carbocycles. The van der Waals surface area contributed by atoms with Gasteiger partial charge in [-0.3, -0.25) is 0 Å². The third-order valence-electron chi connectivity index (χ3n) is 2.10. The number of anilines is 1. The number of methoxy groups -OCH3 is 1. The van der Waals surface area contributed by atoms with E-state index >= 15 is 0 Å². The first kappa shape index (κ1) is 9.58. The predicted molar refractivity (Wildman–Crippen MR) is 57.6 cm³/mol. The Morgan fingerprint density at radius 2 is 2.20 bits per heavy atom. The van der Waals surface area contributed by atoms with Crippen LogP contribution in [0, 0.1) is 6.92 Å². The molecule has 2 N–H and O–H groups in total. The van der Waals surface area contributed by atoms with E-state index < -0.39 is 0 Å². The van der Waals surface area contributed by atoms with Crippen LogP contribution < -0.4 is 10.5 Å². The van der Waals surface area contributed by atoms with E-state index in [1.54, 1.807) is 25.5 Å². The number of ether oxygens (including phenoxy) is 1. The molecule has 0 unspecified atom stereocenters. The molecule has 0 bridgehead atoms. The largest absolute Gasteiger partial charge is 0.495 e. The van der Waals surface area contributed by atoms with Gasteiger partial charge in [0.1, 0.15) is 12.0 Å². The lowest BCUT2D eigenvalue weighted by Gasteiger charge is -2.04. The summed E-state index contributed by atoms with van der Waals surface area (Å²) in [6.45, 7) is 1.88. The molecular formula is C11H12N2O2. The summed E-state index contributed by atoms with van der Waals surface area (Å²) in [5, 5.41) is 0. The average Bonchev–Trinajstić information content (AvgIpc) is 2.66. The van der Waals surface area contributed by atoms with Crippen LogP contribution in [0.1, 0.15) is 5.69 Å². The van der Waals surface area contributed by atoms with Crippen molar-refractivity contribution in [3.05, 3.63) is 30.2 Å². The minimum absolute atomic E-state index is 0.575. The van der Waals surface area contributed by atoms with Crippen LogP contribution in [0.4, 0.5) is 5.69 Å². The maximum atomic E-state index is 5.71. The van der Waals surface area contributed by atoms with Crippen molar-refractivity contribution in [2.75, 3.05) is 12.8 Å². The molecule has 1 aromatic heterocycles. The maximum Gasteiger partial charge on any atom is 0.226 e. The minimum Gasteiger partial charge on any atom is -0.495 e. The first-order valence-corrected chi connectivity index (χ1v) is 4.56. The molecule has 0 saturated heterocycles. The highest BCUT2D eigenvalue weighted by atomic mass is 16.5. The Morgan fingerprint density at radius 3 is 2.80 bits per heavy atom. The van der Waals surface area contributed by atoms with Gasteiger partial charge in [0.15, 0.2) is 0 Å². The third kappa shape index (κ3) is 1.79. The zero-order chi connectivity index (χ0) is 10.8. The first-order valence-electron chi connectivity index (χ1n) is 4.56. The molecule has 0 saturated carbocycles. The second-order valence-corrected chi connectivity index (χ2v) is 3.25. The van der Waals surface area contributed by atoms with Crippen LogP contribution in [0.25, 0.3) is 11.5 Å². The molecule has 4 nitrogen and oxygen atoms in total. The van der Waals surface area contributed by atoms with Crippen molar-refractivity contribution >= 4 is 5.69 Å². The van der Waals surface area contributed by atoms with Gasteiger partial charge in [-0.05, 0) is 25.1 Å². The van der Waals surface area contributed by atoms with Crippen molar-refractivity contribution in [2.45, 2.75) is 6.92 Å². The Hall–Kier alpha value is -1.97. The number of nitrogens with zero attached hydrogens (tertiary/aromatic N) is 1. The fourth-order valence-electron chi connectivity index (χ4n) is 1.33. The van der Waals surface area contributed by atoms with Crippen LogP contribution in [-0.4, -0.2) is 12.1 Å². The molecule has 0 atom stereocenters. The van der Waals surface area contributed by atoms with Crippen molar-refractivity contribution in [3.63, 3.8) is 0 Å². The molecule has 0 fully saturated rings. The number of hydrogen-bond acceptors (Lipinski definition) is 4. The van der Waals surface area contributed by atoms with Crippen molar-refractivity contribution in [2.24, 2.45) is 0 Å². The monoisotopic (exact) mass is 204 g/mol. The molecule has 4 heteroatoms. The lowest BCUT2D eigenvalue weighted by Crippen LogP contribution is -1.92. The standard InChI is InChI=1S/C11H12N2O2/c1-7-6-15-11(13-7)8-3-4-9(12)10(5-8)14-2/h3-6H,12H2,1-2H3. The Balaban J connectivity index is 2.45. The maximum absolute atomic E-state index is 5.71. The molecule has 0 aliphatic heterocycles. The van der Waals surface area contributed by atoms with E-state index in [0.29, 0.717) is 17.3 Å². The third-order valence-corrected chi connectivity index (χ3v) is 2.10. The fraction of sp³-hybridized carbons (Fsp3) is 0.182. The molecule has 2 aromatic rings. The first-order chi connectivity index (χ1) is 7.20. The Bertz CT molecular complexity index is 477. The molecule has 15 heavy (non-hydrogen) atoms. The van der Waals surface area contributed by atoms with Crippen LogP contribution in [0.2, 0.25) is 0 Å². The summed E-state index contributed by atoms with van der Waals surface area (Å²) in [5.41, 5.74) is 8.01. The molecule has 0 spiro atoms. The van der Waals surface area contributed by atoms with Gasteiger partial charge in [-0.1, -0.05) is 0 Å². The predicted octanol–water partition coefficient (Wildman–Crippen LogP) is 2.24. The molecule has 0 aliphatic rings. The zero-order valence-electron chi connectivity index (χ0n) is 8.65. The summed E-state index contributed by atoms with van der Waals surface area (Å²) in [6, 6.07) is 5.43. The molecular weight excluding hydrogens is 192 g/mol. The number of oxazole rings is 1. The smallest absolute Gasteiger partial charge is 0.226 e. The van der Waals surface area contributed by atoms with Crippen LogP contribution >= 0.6 is 0 Å². The van der Waals surface area contributed by atoms with Crippen LogP contribution in [0.5, 0.6) is 5.75 Å². The van der Waals surface area contributed by atoms with E-state index in [9.17, 15) is 0 Å². The van der Waals surface area contributed by atoms with Gasteiger partial charge in [0, 0.05) is 5.56 Å². The normalized spacial score (nSPS) is 10.3. The zero-order valence-corrected chi connectivity index (χ0v) is 8.65. The fourth-order valence-corrected chi connectivity index (χ4v) is 1.33. The Morgan fingerprint density at radius 1 is 1.40 bits per heavy atom. The SMILES string of the molecule is COc1cc(-c2nc(C)co2)ccc1N. The summed E-state index contributed by atoms with van der Waals surface area (Å²) in [4.78, 5) is 4.22. The summed E-state index contributed by atoms with van der Waals surface area (Å²) >= 11 is 0. The van der Waals surface area contributed by atoms with E-state index in [-0.39, 0.29) is 0 Å². The minimum atomic E-state index is 0.575. The van der Waals surface area contributed by atoms with Gasteiger partial charge in [-0.15, -0.1) is 0 Å². The van der Waals surface area contributed by atoms with Crippen LogP contribution in [0.15, 0.2) is 28.9 Å². The van der Waals surface area contributed by atoms with Crippen molar-refractivity contribution in [3.8, 4) is 17.2 Å². The van der Waals surface area contributed by atoms with Gasteiger partial charge in [0.25, 0.3) is 0 Å². The highest BCUT2D eigenvalue weighted by Gasteiger charge is 2.07. The lowest BCUT2D eigenvalue weighted by atomic mass is 10.2. The highest BCUT2D eigenvalue weighted by Crippen LogP contribution is 2.28. The molecule has 0 aliphatic carbocycles. The summed E-state index contributed by atoms with van der Waals surface area (Å²) in [7, 11) is 1.58. The van der Waals surface area contributed by atoms with Crippen LogP contribution in [0.3, 0.4) is 0 Å². The summed E-state index contributed by atoms with van der Waals surface area (Å²) < 4.78 is 10.4. The van der Waals surface area contributed by atoms with Crippen molar-refractivity contribution < 1.29 is 9.15 Å². The molecule has 0 radical (unpaired) electrons. The van der Waals surface area contributed by atoms with Gasteiger partial charge < -0.3 is 14.9 Å². The van der Waals surface area contributed by atoms with Crippen LogP contribution in [-0.2, 0) is 0 Å². The Labute approximate surface area is 87.7 Å². The number of hydrogen-bond donors (Lipinski definition) is 1. The van der Waals surface area contributed by atoms with Gasteiger partial charge >= 0.3 is 0 Å². The molecule has 78 valence electrons. The van der Waals surface area contributed by atoms with Gasteiger partial charge in [-0.25, -0.2) is 4.98 Å². The van der Waals surface area contributed by atoms with E-state index in [0.717, 1.165) is 11.3 Å². The summed E-state index contributed by atoms with van der Waals surface area (Å²) in [5.74, 6) is 1.20. The van der Waals surface area contributed by atoms with E-state index in [2.05, 4.69) is 4.98 Å². The molecule has 2 rings (SSSR count). The van der Waals surface area contributed by atoms with E-state index in [4.69, 9.17) is 14.9 Å². The average molecular weight is 204 g/mol. The number of nitrogen functional groups attached to an aromatic ring is 1. The van der Waals surface area contributed by atoms with Gasteiger partial charge in [-0.2, -0.15) is 0 Å². The topological polar surface area (TPSA) is 61.3 Å². The number of aryl methyl sites for hydroxylation is 1. The second kappa shape index (κ2) is 3.65.